The van der Waals surface area contributed by atoms with E-state index in [1.165, 1.54) is 37.7 Å². The summed E-state index contributed by atoms with van der Waals surface area (Å²) < 4.78 is 5.18. The number of nitrogens with one attached hydrogen (secondary N) is 2. The Balaban J connectivity index is 2.11. The minimum absolute atomic E-state index is 0.828. The van der Waals surface area contributed by atoms with Crippen molar-refractivity contribution in [3.05, 3.63) is 17.0 Å². The summed E-state index contributed by atoms with van der Waals surface area (Å²) in [5.74, 6) is 2.61. The van der Waals surface area contributed by atoms with Crippen LogP contribution in [-0.4, -0.2) is 31.3 Å². The molecule has 0 unspecified atom stereocenters. The van der Waals surface area contributed by atoms with Crippen LogP contribution in [-0.2, 0) is 6.42 Å². The average molecular weight is 322 g/mol. The van der Waals surface area contributed by atoms with Gasteiger partial charge >= 0.3 is 0 Å². The molecule has 1 heterocycles. The third-order valence-corrected chi connectivity index (χ3v) is 4.07. The van der Waals surface area contributed by atoms with Crippen molar-refractivity contribution >= 4 is 5.96 Å². The maximum atomic E-state index is 5.18. The molecule has 0 aromatic carbocycles. The van der Waals surface area contributed by atoms with Crippen molar-refractivity contribution in [3.63, 3.8) is 0 Å². The van der Waals surface area contributed by atoms with Gasteiger partial charge in [0.1, 0.15) is 5.76 Å². The molecule has 5 nitrogen and oxygen atoms in total. The lowest BCUT2D eigenvalue weighted by atomic mass is 10.0. The van der Waals surface area contributed by atoms with Gasteiger partial charge in [0.15, 0.2) is 5.96 Å². The van der Waals surface area contributed by atoms with Crippen LogP contribution >= 0.6 is 0 Å². The number of hydrogen-bond acceptors (Lipinski definition) is 3. The number of guanidine groups is 1. The van der Waals surface area contributed by atoms with Crippen LogP contribution in [0.5, 0.6) is 0 Å². The van der Waals surface area contributed by atoms with Crippen molar-refractivity contribution in [3.8, 4) is 0 Å². The summed E-state index contributed by atoms with van der Waals surface area (Å²) in [7, 11) is 1.81. The summed E-state index contributed by atoms with van der Waals surface area (Å²) in [6.45, 7) is 10.3. The fraction of sp³-hybridized carbons (Fsp3) is 0.778. The monoisotopic (exact) mass is 322 g/mol. The minimum Gasteiger partial charge on any atom is -0.361 e. The van der Waals surface area contributed by atoms with Crippen LogP contribution in [0.15, 0.2) is 9.52 Å². The number of nitrogens with zero attached hydrogens (tertiary/aromatic N) is 2. The zero-order chi connectivity index (χ0) is 17.1. The Labute approximate surface area is 141 Å². The van der Waals surface area contributed by atoms with E-state index in [0.29, 0.717) is 0 Å². The third kappa shape index (κ3) is 8.05. The molecule has 1 aromatic rings. The fourth-order valence-corrected chi connectivity index (χ4v) is 2.62. The Morgan fingerprint density at radius 3 is 2.39 bits per heavy atom. The molecule has 5 heteroatoms. The lowest BCUT2D eigenvalue weighted by molar-refractivity contribution is 0.392. The van der Waals surface area contributed by atoms with E-state index in [1.54, 1.807) is 0 Å². The van der Waals surface area contributed by atoms with E-state index in [0.717, 1.165) is 42.8 Å². The van der Waals surface area contributed by atoms with Crippen LogP contribution < -0.4 is 10.6 Å². The van der Waals surface area contributed by atoms with E-state index in [2.05, 4.69) is 34.6 Å². The van der Waals surface area contributed by atoms with Crippen molar-refractivity contribution < 1.29 is 4.52 Å². The zero-order valence-electron chi connectivity index (χ0n) is 15.5. The standard InChI is InChI=1S/C18H34N4O/c1-14(2)10-8-6-7-9-12-20-18(19-5)21-13-11-17-15(3)22-23-16(17)4/h14H,6-13H2,1-5H3,(H2,19,20,21). The largest absolute Gasteiger partial charge is 0.361 e. The van der Waals surface area contributed by atoms with Gasteiger partial charge in [-0.2, -0.15) is 0 Å². The molecule has 23 heavy (non-hydrogen) atoms. The predicted octanol–water partition coefficient (Wildman–Crippen LogP) is 3.61. The molecular weight excluding hydrogens is 288 g/mol. The number of aromatic nitrogens is 1. The Kier molecular flexibility index (Phi) is 9.41. The summed E-state index contributed by atoms with van der Waals surface area (Å²) in [4.78, 5) is 4.26. The van der Waals surface area contributed by atoms with Gasteiger partial charge in [-0.15, -0.1) is 0 Å². The summed E-state index contributed by atoms with van der Waals surface area (Å²) in [5, 5.41) is 10.7. The summed E-state index contributed by atoms with van der Waals surface area (Å²) >= 11 is 0. The van der Waals surface area contributed by atoms with Crippen molar-refractivity contribution in [1.82, 2.24) is 15.8 Å². The Morgan fingerprint density at radius 1 is 1.09 bits per heavy atom. The van der Waals surface area contributed by atoms with E-state index < -0.39 is 0 Å². The normalized spacial score (nSPS) is 12.0. The first-order valence-electron chi connectivity index (χ1n) is 8.90. The summed E-state index contributed by atoms with van der Waals surface area (Å²) in [5.41, 5.74) is 2.17. The van der Waals surface area contributed by atoms with Gasteiger partial charge in [-0.05, 0) is 32.6 Å². The van der Waals surface area contributed by atoms with Crippen molar-refractivity contribution in [1.29, 1.82) is 0 Å². The SMILES string of the molecule is CN=C(NCCCCCCC(C)C)NCCc1c(C)noc1C. The number of aryl methyl sites for hydroxylation is 2. The second-order valence-electron chi connectivity index (χ2n) is 6.58. The molecule has 0 aliphatic rings. The summed E-state index contributed by atoms with van der Waals surface area (Å²) in [6.07, 6.45) is 7.41. The fourth-order valence-electron chi connectivity index (χ4n) is 2.62. The van der Waals surface area contributed by atoms with Gasteiger partial charge in [0.2, 0.25) is 0 Å². The first kappa shape index (κ1) is 19.5. The lowest BCUT2D eigenvalue weighted by Crippen LogP contribution is -2.38. The van der Waals surface area contributed by atoms with Crippen LogP contribution in [0.1, 0.15) is 63.0 Å². The highest BCUT2D eigenvalue weighted by atomic mass is 16.5. The Bertz CT molecular complexity index is 446. The van der Waals surface area contributed by atoms with Crippen LogP contribution in [0.3, 0.4) is 0 Å². The minimum atomic E-state index is 0.828. The number of hydrogen-bond donors (Lipinski definition) is 2. The van der Waals surface area contributed by atoms with Crippen LogP contribution in [0, 0.1) is 19.8 Å². The second kappa shape index (κ2) is 11.1. The van der Waals surface area contributed by atoms with Gasteiger partial charge in [-0.3, -0.25) is 4.99 Å². The van der Waals surface area contributed by atoms with E-state index >= 15 is 0 Å². The number of unbranched alkanes of at least 4 members (excludes halogenated alkanes) is 3. The Morgan fingerprint density at radius 2 is 1.78 bits per heavy atom. The highest BCUT2D eigenvalue weighted by Crippen LogP contribution is 2.12. The molecule has 0 saturated heterocycles. The molecular formula is C18H34N4O. The van der Waals surface area contributed by atoms with Gasteiger partial charge in [0, 0.05) is 25.7 Å². The van der Waals surface area contributed by atoms with Crippen molar-refractivity contribution in [2.75, 3.05) is 20.1 Å². The first-order valence-corrected chi connectivity index (χ1v) is 8.90. The maximum Gasteiger partial charge on any atom is 0.190 e. The van der Waals surface area contributed by atoms with Gasteiger partial charge < -0.3 is 15.2 Å². The quantitative estimate of drug-likeness (QED) is 0.392. The summed E-state index contributed by atoms with van der Waals surface area (Å²) in [6, 6.07) is 0. The molecule has 1 aromatic heterocycles. The molecule has 0 aliphatic heterocycles. The zero-order valence-corrected chi connectivity index (χ0v) is 15.5. The molecule has 0 fully saturated rings. The number of rotatable bonds is 10. The van der Waals surface area contributed by atoms with Gasteiger partial charge in [0.05, 0.1) is 5.69 Å². The highest BCUT2D eigenvalue weighted by molar-refractivity contribution is 5.79. The molecule has 0 bridgehead atoms. The van der Waals surface area contributed by atoms with Crippen LogP contribution in [0.25, 0.3) is 0 Å². The Hall–Kier alpha value is -1.52. The topological polar surface area (TPSA) is 62.5 Å². The van der Waals surface area contributed by atoms with Crippen LogP contribution in [0.2, 0.25) is 0 Å². The smallest absolute Gasteiger partial charge is 0.190 e. The lowest BCUT2D eigenvalue weighted by Gasteiger charge is -2.12. The average Bonchev–Trinajstić information content (AvgIpc) is 2.83. The van der Waals surface area contributed by atoms with E-state index in [9.17, 15) is 0 Å². The predicted molar refractivity (Wildman–Crippen MR) is 97.0 cm³/mol. The molecule has 0 aliphatic carbocycles. The van der Waals surface area contributed by atoms with Gasteiger partial charge in [-0.1, -0.05) is 44.7 Å². The molecule has 1 rings (SSSR count). The molecule has 132 valence electrons. The van der Waals surface area contributed by atoms with Gasteiger partial charge in [-0.25, -0.2) is 0 Å². The van der Waals surface area contributed by atoms with Crippen molar-refractivity contribution in [2.24, 2.45) is 10.9 Å². The molecule has 0 spiro atoms. The molecule has 2 N–H and O–H groups in total. The van der Waals surface area contributed by atoms with Gasteiger partial charge in [0.25, 0.3) is 0 Å². The number of aliphatic imine (C=N–C) groups is 1. The van der Waals surface area contributed by atoms with E-state index in [4.69, 9.17) is 4.52 Å². The maximum absolute atomic E-state index is 5.18. The molecule has 0 atom stereocenters. The highest BCUT2D eigenvalue weighted by Gasteiger charge is 2.08. The second-order valence-corrected chi connectivity index (χ2v) is 6.58. The molecule has 0 saturated carbocycles. The molecule has 0 radical (unpaired) electrons. The van der Waals surface area contributed by atoms with Crippen LogP contribution in [0.4, 0.5) is 0 Å². The van der Waals surface area contributed by atoms with Crippen molar-refractivity contribution in [2.45, 2.75) is 66.2 Å². The van der Waals surface area contributed by atoms with E-state index in [1.807, 2.05) is 20.9 Å². The third-order valence-electron chi connectivity index (χ3n) is 4.07. The molecule has 0 amide bonds. The first-order chi connectivity index (χ1) is 11.0. The van der Waals surface area contributed by atoms with E-state index in [-0.39, 0.29) is 0 Å².